The second-order valence-corrected chi connectivity index (χ2v) is 4.05. The molecule has 0 spiro atoms. The number of aryl methyl sites for hydroxylation is 1. The number of H-pyrrole nitrogens is 1. The van der Waals surface area contributed by atoms with Gasteiger partial charge in [0.1, 0.15) is 5.82 Å². The predicted octanol–water partition coefficient (Wildman–Crippen LogP) is 1.74. The first kappa shape index (κ1) is 10.2. The van der Waals surface area contributed by atoms with Crippen LogP contribution in [0.5, 0.6) is 5.75 Å². The van der Waals surface area contributed by atoms with E-state index in [9.17, 15) is 4.79 Å². The van der Waals surface area contributed by atoms with Crippen LogP contribution in [-0.4, -0.2) is 17.1 Å². The fraction of sp³-hybridized carbons (Fsp3) is 0.636. The minimum atomic E-state index is -0.160. The highest BCUT2D eigenvalue weighted by Gasteiger charge is 2.20. The van der Waals surface area contributed by atoms with E-state index in [4.69, 9.17) is 4.74 Å². The molecule has 82 valence electrons. The number of methoxy groups -OCH3 is 1. The van der Waals surface area contributed by atoms with Crippen LogP contribution in [0.2, 0.25) is 0 Å². The first-order valence-corrected chi connectivity index (χ1v) is 5.37. The van der Waals surface area contributed by atoms with Crippen molar-refractivity contribution in [2.75, 3.05) is 7.11 Å². The van der Waals surface area contributed by atoms with Gasteiger partial charge in [0.25, 0.3) is 5.56 Å². The van der Waals surface area contributed by atoms with Crippen molar-refractivity contribution in [1.82, 2.24) is 9.97 Å². The third-order valence-electron chi connectivity index (χ3n) is 3.01. The van der Waals surface area contributed by atoms with Gasteiger partial charge in [0, 0.05) is 5.92 Å². The topological polar surface area (TPSA) is 55.0 Å². The molecule has 0 aliphatic heterocycles. The third-order valence-corrected chi connectivity index (χ3v) is 3.01. The van der Waals surface area contributed by atoms with Gasteiger partial charge in [-0.1, -0.05) is 12.8 Å². The first-order valence-electron chi connectivity index (χ1n) is 5.37. The van der Waals surface area contributed by atoms with Gasteiger partial charge in [-0.3, -0.25) is 4.79 Å². The van der Waals surface area contributed by atoms with E-state index in [1.54, 1.807) is 0 Å². The van der Waals surface area contributed by atoms with E-state index >= 15 is 0 Å². The van der Waals surface area contributed by atoms with Crippen LogP contribution in [0.25, 0.3) is 0 Å². The zero-order chi connectivity index (χ0) is 10.8. The molecular formula is C11H16N2O2. The van der Waals surface area contributed by atoms with Crippen LogP contribution >= 0.6 is 0 Å². The van der Waals surface area contributed by atoms with Gasteiger partial charge in [0.2, 0.25) is 5.75 Å². The summed E-state index contributed by atoms with van der Waals surface area (Å²) in [5.74, 6) is 1.59. The van der Waals surface area contributed by atoms with Crippen LogP contribution < -0.4 is 10.3 Å². The van der Waals surface area contributed by atoms with Crippen molar-refractivity contribution in [3.8, 4) is 5.75 Å². The maximum absolute atomic E-state index is 11.6. The summed E-state index contributed by atoms with van der Waals surface area (Å²) in [6.45, 7) is 1.81. The van der Waals surface area contributed by atoms with E-state index in [1.807, 2.05) is 6.92 Å². The predicted molar refractivity (Wildman–Crippen MR) is 57.4 cm³/mol. The van der Waals surface area contributed by atoms with Crippen molar-refractivity contribution in [3.05, 3.63) is 21.9 Å². The quantitative estimate of drug-likeness (QED) is 0.805. The molecule has 15 heavy (non-hydrogen) atoms. The maximum atomic E-state index is 11.6. The molecule has 1 aliphatic rings. The minimum Gasteiger partial charge on any atom is -0.490 e. The molecule has 0 unspecified atom stereocenters. The lowest BCUT2D eigenvalue weighted by molar-refractivity contribution is 0.400. The third kappa shape index (κ3) is 1.89. The van der Waals surface area contributed by atoms with Crippen molar-refractivity contribution in [2.24, 2.45) is 0 Å². The van der Waals surface area contributed by atoms with E-state index in [0.29, 0.717) is 17.4 Å². The average Bonchev–Trinajstić information content (AvgIpc) is 2.69. The van der Waals surface area contributed by atoms with E-state index < -0.39 is 0 Å². The smallest absolute Gasteiger partial charge is 0.293 e. The van der Waals surface area contributed by atoms with Crippen molar-refractivity contribution in [1.29, 1.82) is 0 Å². The van der Waals surface area contributed by atoms with Crippen molar-refractivity contribution < 1.29 is 4.74 Å². The Kier molecular flexibility index (Phi) is 2.75. The van der Waals surface area contributed by atoms with Gasteiger partial charge >= 0.3 is 0 Å². The summed E-state index contributed by atoms with van der Waals surface area (Å²) in [4.78, 5) is 18.9. The van der Waals surface area contributed by atoms with Gasteiger partial charge in [-0.05, 0) is 19.8 Å². The normalized spacial score (nSPS) is 16.9. The molecule has 0 aromatic carbocycles. The van der Waals surface area contributed by atoms with E-state index in [2.05, 4.69) is 9.97 Å². The number of aromatic amines is 1. The molecule has 4 nitrogen and oxygen atoms in total. The summed E-state index contributed by atoms with van der Waals surface area (Å²) in [5, 5.41) is 0. The molecule has 0 saturated heterocycles. The molecule has 1 aromatic rings. The van der Waals surface area contributed by atoms with Crippen LogP contribution in [0.4, 0.5) is 0 Å². The van der Waals surface area contributed by atoms with Gasteiger partial charge in [-0.2, -0.15) is 0 Å². The lowest BCUT2D eigenvalue weighted by Crippen LogP contribution is -2.17. The molecule has 1 aromatic heterocycles. The highest BCUT2D eigenvalue weighted by Crippen LogP contribution is 2.31. The van der Waals surface area contributed by atoms with Crippen molar-refractivity contribution in [3.63, 3.8) is 0 Å². The summed E-state index contributed by atoms with van der Waals surface area (Å²) in [5.41, 5.74) is 0.523. The van der Waals surface area contributed by atoms with E-state index in [0.717, 1.165) is 18.7 Å². The summed E-state index contributed by atoms with van der Waals surface area (Å²) in [7, 11) is 1.49. The molecule has 1 saturated carbocycles. The minimum absolute atomic E-state index is 0.160. The van der Waals surface area contributed by atoms with Crippen LogP contribution in [0, 0.1) is 6.92 Å². The Bertz CT molecular complexity index is 406. The Morgan fingerprint density at radius 2 is 2.07 bits per heavy atom. The number of ether oxygens (including phenoxy) is 1. The van der Waals surface area contributed by atoms with Crippen LogP contribution in [-0.2, 0) is 0 Å². The van der Waals surface area contributed by atoms with Gasteiger partial charge in [0.05, 0.1) is 12.8 Å². The van der Waals surface area contributed by atoms with Gasteiger partial charge in [-0.15, -0.1) is 0 Å². The largest absolute Gasteiger partial charge is 0.490 e. The zero-order valence-corrected chi connectivity index (χ0v) is 9.17. The molecule has 0 bridgehead atoms. The Hall–Kier alpha value is -1.32. The fourth-order valence-electron chi connectivity index (χ4n) is 2.23. The molecule has 4 heteroatoms. The number of nitrogens with zero attached hydrogens (tertiary/aromatic N) is 1. The zero-order valence-electron chi connectivity index (χ0n) is 9.17. The Morgan fingerprint density at radius 1 is 1.40 bits per heavy atom. The van der Waals surface area contributed by atoms with Gasteiger partial charge in [0.15, 0.2) is 0 Å². The van der Waals surface area contributed by atoms with E-state index in [-0.39, 0.29) is 5.56 Å². The number of nitrogens with one attached hydrogen (secondary N) is 1. The number of hydrogen-bond acceptors (Lipinski definition) is 3. The maximum Gasteiger partial charge on any atom is 0.293 e. The standard InChI is InChI=1S/C11H16N2O2/c1-7-9(15-2)11(14)13-10(12-7)8-5-3-4-6-8/h8H,3-6H2,1-2H3,(H,12,13,14). The van der Waals surface area contributed by atoms with Crippen molar-refractivity contribution >= 4 is 0 Å². The Morgan fingerprint density at radius 3 is 2.60 bits per heavy atom. The molecule has 2 rings (SSSR count). The van der Waals surface area contributed by atoms with Crippen LogP contribution in [0.1, 0.15) is 43.1 Å². The second kappa shape index (κ2) is 4.04. The summed E-state index contributed by atoms with van der Waals surface area (Å²) in [6.07, 6.45) is 4.74. The van der Waals surface area contributed by atoms with Gasteiger partial charge < -0.3 is 9.72 Å². The first-order chi connectivity index (χ1) is 7.22. The lowest BCUT2D eigenvalue weighted by Gasteiger charge is -2.10. The van der Waals surface area contributed by atoms with E-state index in [1.165, 1.54) is 20.0 Å². The molecule has 1 heterocycles. The number of aromatic nitrogens is 2. The molecule has 1 N–H and O–H groups in total. The summed E-state index contributed by atoms with van der Waals surface area (Å²) in [6, 6.07) is 0. The number of rotatable bonds is 2. The number of hydrogen-bond donors (Lipinski definition) is 1. The molecule has 1 aliphatic carbocycles. The fourth-order valence-corrected chi connectivity index (χ4v) is 2.23. The molecule has 0 radical (unpaired) electrons. The molecule has 0 amide bonds. The van der Waals surface area contributed by atoms with Gasteiger partial charge in [-0.25, -0.2) is 4.98 Å². The molecule has 0 atom stereocenters. The Balaban J connectivity index is 2.38. The monoisotopic (exact) mass is 208 g/mol. The highest BCUT2D eigenvalue weighted by molar-refractivity contribution is 5.24. The molecular weight excluding hydrogens is 192 g/mol. The lowest BCUT2D eigenvalue weighted by atomic mass is 10.1. The average molecular weight is 208 g/mol. The SMILES string of the molecule is COc1c(C)nc(C2CCCC2)[nH]c1=O. The van der Waals surface area contributed by atoms with Crippen LogP contribution in [0.15, 0.2) is 4.79 Å². The second-order valence-electron chi connectivity index (χ2n) is 4.05. The van der Waals surface area contributed by atoms with Crippen LogP contribution in [0.3, 0.4) is 0 Å². The Labute approximate surface area is 88.7 Å². The summed E-state index contributed by atoms with van der Waals surface area (Å²) >= 11 is 0. The summed E-state index contributed by atoms with van der Waals surface area (Å²) < 4.78 is 4.99. The molecule has 1 fully saturated rings. The van der Waals surface area contributed by atoms with Crippen molar-refractivity contribution in [2.45, 2.75) is 38.5 Å². The highest BCUT2D eigenvalue weighted by atomic mass is 16.5.